The average Bonchev–Trinajstić information content (AvgIpc) is 3.32. The zero-order chi connectivity index (χ0) is 18.8. The molecule has 0 radical (unpaired) electrons. The number of nitrogens with two attached hydrogens (primary N) is 1. The van der Waals surface area contributed by atoms with Crippen LogP contribution in [0.2, 0.25) is 0 Å². The summed E-state index contributed by atoms with van der Waals surface area (Å²) in [5.41, 5.74) is 12.4. The summed E-state index contributed by atoms with van der Waals surface area (Å²) >= 11 is 5.58. The summed E-state index contributed by atoms with van der Waals surface area (Å²) in [5, 5.41) is 0. The highest BCUT2D eigenvalue weighted by molar-refractivity contribution is 7.71. The van der Waals surface area contributed by atoms with E-state index >= 15 is 0 Å². The maximum Gasteiger partial charge on any atom is 0.240 e. The number of hydrogen-bond acceptors (Lipinski definition) is 4. The molecule has 0 fully saturated rings. The Morgan fingerprint density at radius 2 is 2.14 bits per heavy atom. The van der Waals surface area contributed by atoms with Crippen LogP contribution in [0.25, 0.3) is 0 Å². The molecule has 1 aliphatic rings. The average molecular weight is 419 g/mol. The van der Waals surface area contributed by atoms with E-state index in [1.807, 2.05) is 6.20 Å². The van der Waals surface area contributed by atoms with E-state index in [-0.39, 0.29) is 24.7 Å². The lowest BCUT2D eigenvalue weighted by molar-refractivity contribution is -0.117. The molecule has 0 aliphatic heterocycles. The summed E-state index contributed by atoms with van der Waals surface area (Å²) in [6, 6.07) is 8.41. The zero-order valence-corrected chi connectivity index (χ0v) is 16.9. The number of aromatic amines is 1. The SMILES string of the molecule is Cl.NC(CC(=O)Nn1ccn(C2CCc3ccccc3C2)c1=S)c1cnc[nH]1. The number of carbonyl (C=O) groups excluding carboxylic acids is 1. The molecule has 7 nitrogen and oxygen atoms in total. The van der Waals surface area contributed by atoms with E-state index < -0.39 is 6.04 Å². The molecule has 0 bridgehead atoms. The number of imidazole rings is 2. The maximum absolute atomic E-state index is 12.3. The second-order valence-electron chi connectivity index (χ2n) is 6.88. The predicted octanol–water partition coefficient (Wildman–Crippen LogP) is 3.05. The van der Waals surface area contributed by atoms with Gasteiger partial charge < -0.3 is 15.3 Å². The van der Waals surface area contributed by atoms with Crippen LogP contribution in [0.4, 0.5) is 0 Å². The molecule has 148 valence electrons. The molecule has 3 aromatic rings. The number of halogens is 1. The summed E-state index contributed by atoms with van der Waals surface area (Å²) in [4.78, 5) is 19.2. The topological polar surface area (TPSA) is 93.7 Å². The van der Waals surface area contributed by atoms with Gasteiger partial charge in [-0.1, -0.05) is 24.3 Å². The quantitative estimate of drug-likeness (QED) is 0.555. The molecular weight excluding hydrogens is 396 g/mol. The summed E-state index contributed by atoms with van der Waals surface area (Å²) in [6.07, 6.45) is 10.1. The first-order valence-corrected chi connectivity index (χ1v) is 9.42. The van der Waals surface area contributed by atoms with Crippen LogP contribution in [0.1, 0.15) is 41.7 Å². The second kappa shape index (κ2) is 8.72. The van der Waals surface area contributed by atoms with E-state index in [0.717, 1.165) is 25.0 Å². The van der Waals surface area contributed by atoms with Gasteiger partial charge in [-0.25, -0.2) is 9.66 Å². The normalized spacial score (nSPS) is 16.7. The van der Waals surface area contributed by atoms with Gasteiger partial charge in [-0.05, 0) is 42.6 Å². The van der Waals surface area contributed by atoms with E-state index in [4.69, 9.17) is 18.0 Å². The van der Waals surface area contributed by atoms with E-state index in [1.54, 1.807) is 23.4 Å². The van der Waals surface area contributed by atoms with E-state index in [0.29, 0.717) is 10.8 Å². The third kappa shape index (κ3) is 4.19. The summed E-state index contributed by atoms with van der Waals surface area (Å²) < 4.78 is 4.25. The standard InChI is InChI=1S/C19H22N6OS.ClH/c20-16(17-11-21-12-22-17)10-18(26)23-25-8-7-24(19(25)27)15-6-5-13-3-1-2-4-14(13)9-15;/h1-4,7-8,11-12,15-16H,5-6,9-10,20H2,(H,21,22)(H,23,26);1H. The monoisotopic (exact) mass is 418 g/mol. The fourth-order valence-electron chi connectivity index (χ4n) is 3.63. The number of aryl methyl sites for hydroxylation is 1. The first kappa shape index (κ1) is 20.3. The van der Waals surface area contributed by atoms with E-state index in [9.17, 15) is 4.79 Å². The van der Waals surface area contributed by atoms with Crippen LogP contribution in [0.15, 0.2) is 49.2 Å². The molecule has 0 saturated heterocycles. The van der Waals surface area contributed by atoms with Gasteiger partial charge in [0.05, 0.1) is 18.1 Å². The minimum Gasteiger partial charge on any atom is -0.347 e. The molecule has 0 spiro atoms. The number of amides is 1. The number of aromatic nitrogens is 4. The molecule has 0 saturated carbocycles. The molecule has 2 aromatic heterocycles. The third-order valence-electron chi connectivity index (χ3n) is 5.09. The number of rotatable bonds is 5. The second-order valence-corrected chi connectivity index (χ2v) is 7.24. The minimum absolute atomic E-state index is 0. The van der Waals surface area contributed by atoms with Crippen molar-refractivity contribution in [2.24, 2.45) is 5.73 Å². The van der Waals surface area contributed by atoms with Gasteiger partial charge in [-0.15, -0.1) is 12.4 Å². The van der Waals surface area contributed by atoms with Crippen molar-refractivity contribution in [3.63, 3.8) is 0 Å². The molecule has 28 heavy (non-hydrogen) atoms. The predicted molar refractivity (Wildman–Crippen MR) is 113 cm³/mol. The zero-order valence-electron chi connectivity index (χ0n) is 15.2. The minimum atomic E-state index is -0.432. The van der Waals surface area contributed by atoms with Crippen LogP contribution >= 0.6 is 24.6 Å². The Morgan fingerprint density at radius 1 is 1.36 bits per heavy atom. The maximum atomic E-state index is 12.3. The van der Waals surface area contributed by atoms with Crippen molar-refractivity contribution in [2.75, 3.05) is 5.43 Å². The van der Waals surface area contributed by atoms with Crippen molar-refractivity contribution in [3.8, 4) is 0 Å². The number of benzene rings is 1. The van der Waals surface area contributed by atoms with Crippen LogP contribution in [-0.2, 0) is 17.6 Å². The molecular formula is C19H23ClN6OS. The highest BCUT2D eigenvalue weighted by Crippen LogP contribution is 2.29. The smallest absolute Gasteiger partial charge is 0.240 e. The van der Waals surface area contributed by atoms with Crippen molar-refractivity contribution in [1.29, 1.82) is 0 Å². The van der Waals surface area contributed by atoms with Gasteiger partial charge >= 0.3 is 0 Å². The van der Waals surface area contributed by atoms with Gasteiger partial charge in [0.2, 0.25) is 5.91 Å². The number of carbonyl (C=O) groups is 1. The molecule has 2 heterocycles. The van der Waals surface area contributed by atoms with Crippen molar-refractivity contribution in [1.82, 2.24) is 19.2 Å². The van der Waals surface area contributed by atoms with E-state index in [2.05, 4.69) is 44.2 Å². The summed E-state index contributed by atoms with van der Waals surface area (Å²) in [5.74, 6) is -0.195. The van der Waals surface area contributed by atoms with Crippen LogP contribution in [0.3, 0.4) is 0 Å². The molecule has 1 aromatic carbocycles. The molecule has 2 unspecified atom stereocenters. The van der Waals surface area contributed by atoms with Crippen molar-refractivity contribution in [3.05, 3.63) is 70.8 Å². The number of hydrogen-bond donors (Lipinski definition) is 3. The lowest BCUT2D eigenvalue weighted by Crippen LogP contribution is -2.27. The Hall–Kier alpha value is -2.42. The number of nitrogens with zero attached hydrogens (tertiary/aromatic N) is 3. The fraction of sp³-hybridized carbons (Fsp3) is 0.316. The van der Waals surface area contributed by atoms with Crippen LogP contribution in [0.5, 0.6) is 0 Å². The first-order chi connectivity index (χ1) is 13.1. The molecule has 2 atom stereocenters. The van der Waals surface area contributed by atoms with Crippen LogP contribution < -0.4 is 11.2 Å². The Bertz CT molecular complexity index is 996. The van der Waals surface area contributed by atoms with Gasteiger partial charge in [-0.3, -0.25) is 10.2 Å². The summed E-state index contributed by atoms with van der Waals surface area (Å²) in [7, 11) is 0. The third-order valence-corrected chi connectivity index (χ3v) is 5.49. The Kier molecular flexibility index (Phi) is 6.33. The Balaban J connectivity index is 0.00000225. The van der Waals surface area contributed by atoms with Crippen molar-refractivity contribution in [2.45, 2.75) is 37.8 Å². The van der Waals surface area contributed by atoms with Gasteiger partial charge in [0.15, 0.2) is 4.77 Å². The molecule has 9 heteroatoms. The van der Waals surface area contributed by atoms with Gasteiger partial charge in [0, 0.05) is 31.1 Å². The summed E-state index contributed by atoms with van der Waals surface area (Å²) in [6.45, 7) is 0. The Morgan fingerprint density at radius 3 is 2.89 bits per heavy atom. The lowest BCUT2D eigenvalue weighted by atomic mass is 9.88. The molecule has 1 aliphatic carbocycles. The van der Waals surface area contributed by atoms with Crippen molar-refractivity contribution < 1.29 is 4.79 Å². The Labute approximate surface area is 174 Å². The number of H-pyrrole nitrogens is 1. The first-order valence-electron chi connectivity index (χ1n) is 9.02. The van der Waals surface area contributed by atoms with Crippen LogP contribution in [0, 0.1) is 4.77 Å². The van der Waals surface area contributed by atoms with Crippen LogP contribution in [-0.4, -0.2) is 25.1 Å². The lowest BCUT2D eigenvalue weighted by Gasteiger charge is -2.25. The highest BCUT2D eigenvalue weighted by Gasteiger charge is 2.21. The van der Waals surface area contributed by atoms with Gasteiger partial charge in [-0.2, -0.15) is 0 Å². The fourth-order valence-corrected chi connectivity index (χ4v) is 3.94. The largest absolute Gasteiger partial charge is 0.347 e. The van der Waals surface area contributed by atoms with Gasteiger partial charge in [0.25, 0.3) is 0 Å². The number of fused-ring (bicyclic) bond motifs is 1. The number of nitrogens with one attached hydrogen (secondary N) is 2. The molecule has 4 N–H and O–H groups in total. The van der Waals surface area contributed by atoms with Gasteiger partial charge in [0.1, 0.15) is 0 Å². The molecule has 1 amide bonds. The molecule has 4 rings (SSSR count). The van der Waals surface area contributed by atoms with Crippen molar-refractivity contribution >= 4 is 30.5 Å². The highest BCUT2D eigenvalue weighted by atomic mass is 35.5. The van der Waals surface area contributed by atoms with E-state index in [1.165, 1.54) is 11.1 Å².